The molecular formula is C17H14N4O5S. The lowest BCUT2D eigenvalue weighted by atomic mass is 10.2. The van der Waals surface area contributed by atoms with E-state index in [1.807, 2.05) is 0 Å². The zero-order valence-electron chi connectivity index (χ0n) is 14.3. The maximum Gasteiger partial charge on any atom is 0.270 e. The van der Waals surface area contributed by atoms with Gasteiger partial charge in [-0.1, -0.05) is 6.07 Å². The summed E-state index contributed by atoms with van der Waals surface area (Å²) in [5.74, 6) is 1.02. The van der Waals surface area contributed by atoms with E-state index in [-0.39, 0.29) is 16.4 Å². The van der Waals surface area contributed by atoms with E-state index in [1.54, 1.807) is 25.3 Å². The second-order valence-electron chi connectivity index (χ2n) is 5.25. The van der Waals surface area contributed by atoms with Crippen molar-refractivity contribution in [3.8, 4) is 22.9 Å². The Morgan fingerprint density at radius 2 is 1.93 bits per heavy atom. The number of methoxy groups -OCH3 is 2. The molecule has 138 valence electrons. The van der Waals surface area contributed by atoms with Crippen LogP contribution in [0.1, 0.15) is 10.4 Å². The predicted octanol–water partition coefficient (Wildman–Crippen LogP) is 3.38. The number of carbonyl (C=O) groups is 1. The number of aromatic nitrogens is 2. The number of nitrogens with one attached hydrogen (secondary N) is 1. The first-order chi connectivity index (χ1) is 13.0. The van der Waals surface area contributed by atoms with Crippen LogP contribution in [0.15, 0.2) is 42.5 Å². The first-order valence-electron chi connectivity index (χ1n) is 7.63. The Kier molecular flexibility index (Phi) is 5.27. The van der Waals surface area contributed by atoms with Gasteiger partial charge >= 0.3 is 0 Å². The molecular weight excluding hydrogens is 372 g/mol. The Bertz CT molecular complexity index is 1000. The molecule has 1 N–H and O–H groups in total. The first-order valence-corrected chi connectivity index (χ1v) is 8.41. The molecule has 0 aliphatic rings. The molecule has 0 spiro atoms. The lowest BCUT2D eigenvalue weighted by molar-refractivity contribution is -0.384. The summed E-state index contributed by atoms with van der Waals surface area (Å²) < 4.78 is 14.7. The average Bonchev–Trinajstić information content (AvgIpc) is 3.15. The van der Waals surface area contributed by atoms with Crippen molar-refractivity contribution in [2.75, 3.05) is 19.5 Å². The largest absolute Gasteiger partial charge is 0.493 e. The molecule has 0 aliphatic heterocycles. The quantitative estimate of drug-likeness (QED) is 0.510. The summed E-state index contributed by atoms with van der Waals surface area (Å²) in [6.07, 6.45) is 0. The van der Waals surface area contributed by atoms with Gasteiger partial charge in [0.05, 0.1) is 19.1 Å². The van der Waals surface area contributed by atoms with E-state index in [0.717, 1.165) is 11.5 Å². The molecule has 0 saturated heterocycles. The van der Waals surface area contributed by atoms with Gasteiger partial charge in [0.1, 0.15) is 0 Å². The van der Waals surface area contributed by atoms with Crippen molar-refractivity contribution in [2.24, 2.45) is 0 Å². The van der Waals surface area contributed by atoms with Crippen LogP contribution < -0.4 is 14.8 Å². The monoisotopic (exact) mass is 386 g/mol. The molecule has 0 bridgehead atoms. The van der Waals surface area contributed by atoms with E-state index in [4.69, 9.17) is 9.47 Å². The summed E-state index contributed by atoms with van der Waals surface area (Å²) in [7, 11) is 3.07. The lowest BCUT2D eigenvalue weighted by Gasteiger charge is -2.07. The van der Waals surface area contributed by atoms with E-state index in [9.17, 15) is 14.9 Å². The molecule has 2 aromatic carbocycles. The molecule has 0 aliphatic carbocycles. The summed E-state index contributed by atoms with van der Waals surface area (Å²) in [5, 5.41) is 13.7. The maximum atomic E-state index is 12.3. The highest BCUT2D eigenvalue weighted by Crippen LogP contribution is 2.32. The van der Waals surface area contributed by atoms with Crippen LogP contribution in [0.2, 0.25) is 0 Å². The number of nitro groups is 1. The number of nitrogens with zero attached hydrogens (tertiary/aromatic N) is 3. The van der Waals surface area contributed by atoms with Crippen LogP contribution >= 0.6 is 11.5 Å². The minimum Gasteiger partial charge on any atom is -0.493 e. The molecule has 0 atom stereocenters. The summed E-state index contributed by atoms with van der Waals surface area (Å²) in [6, 6.07) is 10.7. The van der Waals surface area contributed by atoms with Crippen molar-refractivity contribution >= 4 is 28.3 Å². The lowest BCUT2D eigenvalue weighted by Crippen LogP contribution is -2.11. The van der Waals surface area contributed by atoms with Crippen LogP contribution in [0.4, 0.5) is 10.8 Å². The second kappa shape index (κ2) is 7.79. The van der Waals surface area contributed by atoms with E-state index >= 15 is 0 Å². The Labute approximate surface area is 157 Å². The summed E-state index contributed by atoms with van der Waals surface area (Å²) in [6.45, 7) is 0. The zero-order valence-corrected chi connectivity index (χ0v) is 15.1. The van der Waals surface area contributed by atoms with Crippen LogP contribution in [0.3, 0.4) is 0 Å². The smallest absolute Gasteiger partial charge is 0.270 e. The van der Waals surface area contributed by atoms with Crippen LogP contribution in [-0.4, -0.2) is 34.4 Å². The fourth-order valence-electron chi connectivity index (χ4n) is 2.30. The first kappa shape index (κ1) is 18.3. The van der Waals surface area contributed by atoms with E-state index in [0.29, 0.717) is 22.9 Å². The number of anilines is 1. The van der Waals surface area contributed by atoms with Crippen molar-refractivity contribution in [1.82, 2.24) is 9.36 Å². The molecule has 0 saturated carbocycles. The number of amides is 1. The highest BCUT2D eigenvalue weighted by molar-refractivity contribution is 7.10. The molecule has 3 rings (SSSR count). The fraction of sp³-hybridized carbons (Fsp3) is 0.118. The number of hydrogen-bond acceptors (Lipinski definition) is 8. The molecule has 9 nitrogen and oxygen atoms in total. The highest BCUT2D eigenvalue weighted by atomic mass is 32.1. The Hall–Kier alpha value is -3.53. The third-order valence-corrected chi connectivity index (χ3v) is 4.24. The second-order valence-corrected chi connectivity index (χ2v) is 6.01. The van der Waals surface area contributed by atoms with Crippen LogP contribution in [0, 0.1) is 10.1 Å². The molecule has 1 aromatic heterocycles. The van der Waals surface area contributed by atoms with Crippen molar-refractivity contribution in [3.05, 3.63) is 58.1 Å². The van der Waals surface area contributed by atoms with Gasteiger partial charge in [0.25, 0.3) is 11.6 Å². The topological polar surface area (TPSA) is 116 Å². The van der Waals surface area contributed by atoms with Crippen LogP contribution in [0.5, 0.6) is 11.5 Å². The van der Waals surface area contributed by atoms with Crippen molar-refractivity contribution in [3.63, 3.8) is 0 Å². The summed E-state index contributed by atoms with van der Waals surface area (Å²) >= 11 is 1.00. The van der Waals surface area contributed by atoms with Gasteiger partial charge in [0.2, 0.25) is 5.13 Å². The molecule has 1 heterocycles. The van der Waals surface area contributed by atoms with Crippen LogP contribution in [0.25, 0.3) is 11.4 Å². The number of nitro benzene ring substituents is 1. The summed E-state index contributed by atoms with van der Waals surface area (Å²) in [5.41, 5.74) is 0.692. The molecule has 0 radical (unpaired) electrons. The van der Waals surface area contributed by atoms with Gasteiger partial charge in [-0.15, -0.1) is 0 Å². The Balaban J connectivity index is 1.79. The van der Waals surface area contributed by atoms with Gasteiger partial charge in [0.15, 0.2) is 17.3 Å². The molecule has 3 aromatic rings. The van der Waals surface area contributed by atoms with Gasteiger partial charge in [-0.3, -0.25) is 20.2 Å². The fourth-order valence-corrected chi connectivity index (χ4v) is 2.88. The highest BCUT2D eigenvalue weighted by Gasteiger charge is 2.15. The Morgan fingerprint density at radius 3 is 2.63 bits per heavy atom. The van der Waals surface area contributed by atoms with Gasteiger partial charge in [-0.05, 0) is 24.3 Å². The van der Waals surface area contributed by atoms with Gasteiger partial charge < -0.3 is 9.47 Å². The normalized spacial score (nSPS) is 10.3. The van der Waals surface area contributed by atoms with E-state index < -0.39 is 10.8 Å². The SMILES string of the molecule is COc1ccc(-c2nsc(NC(=O)c3cccc([N+](=O)[O-])c3)n2)cc1OC. The number of benzene rings is 2. The van der Waals surface area contributed by atoms with Crippen molar-refractivity contribution in [2.45, 2.75) is 0 Å². The number of non-ortho nitro benzene ring substituents is 1. The van der Waals surface area contributed by atoms with E-state index in [2.05, 4.69) is 14.7 Å². The predicted molar refractivity (Wildman–Crippen MR) is 99.5 cm³/mol. The van der Waals surface area contributed by atoms with Crippen LogP contribution in [-0.2, 0) is 0 Å². The molecule has 1 amide bonds. The average molecular weight is 386 g/mol. The molecule has 10 heteroatoms. The van der Waals surface area contributed by atoms with Gasteiger partial charge in [0, 0.05) is 34.8 Å². The number of rotatable bonds is 6. The number of carbonyl (C=O) groups excluding carboxylic acids is 1. The maximum absolute atomic E-state index is 12.3. The van der Waals surface area contributed by atoms with E-state index in [1.165, 1.54) is 31.4 Å². The zero-order chi connectivity index (χ0) is 19.4. The van der Waals surface area contributed by atoms with Gasteiger partial charge in [-0.2, -0.15) is 9.36 Å². The number of ether oxygens (including phenoxy) is 2. The summed E-state index contributed by atoms with van der Waals surface area (Å²) in [4.78, 5) is 26.8. The third kappa shape index (κ3) is 4.01. The Morgan fingerprint density at radius 1 is 1.15 bits per heavy atom. The van der Waals surface area contributed by atoms with Crippen molar-refractivity contribution < 1.29 is 19.2 Å². The molecule has 27 heavy (non-hydrogen) atoms. The van der Waals surface area contributed by atoms with Crippen molar-refractivity contribution in [1.29, 1.82) is 0 Å². The molecule has 0 unspecified atom stereocenters. The minimum absolute atomic E-state index is 0.159. The molecule has 0 fully saturated rings. The third-order valence-electron chi connectivity index (χ3n) is 3.61. The number of hydrogen-bond donors (Lipinski definition) is 1. The minimum atomic E-state index is -0.559. The standard InChI is InChI=1S/C17H14N4O5S/c1-25-13-7-6-10(9-14(13)26-2)15-18-17(27-20-15)19-16(22)11-4-3-5-12(8-11)21(23)24/h3-9H,1-2H3,(H,18,19,20,22). The van der Waals surface area contributed by atoms with Gasteiger partial charge in [-0.25, -0.2) is 0 Å².